The lowest BCUT2D eigenvalue weighted by molar-refractivity contribution is 0.102. The highest BCUT2D eigenvalue weighted by Gasteiger charge is 2.14. The Hall–Kier alpha value is -4.72. The molecule has 0 aliphatic carbocycles. The van der Waals surface area contributed by atoms with Gasteiger partial charge in [-0.2, -0.15) is 0 Å². The maximum absolute atomic E-state index is 14.8. The van der Waals surface area contributed by atoms with Crippen LogP contribution in [0, 0.1) is 5.82 Å². The highest BCUT2D eigenvalue weighted by atomic mass is 19.1. The third-order valence-electron chi connectivity index (χ3n) is 4.92. The summed E-state index contributed by atoms with van der Waals surface area (Å²) < 4.78 is 20.6. The van der Waals surface area contributed by atoms with Crippen LogP contribution in [0.2, 0.25) is 0 Å². The molecule has 1 amide bonds. The number of carbonyl (C=O) groups is 1. The van der Waals surface area contributed by atoms with Gasteiger partial charge in [-0.15, -0.1) is 0 Å². The van der Waals surface area contributed by atoms with E-state index in [1.54, 1.807) is 55.0 Å². The third-order valence-corrected chi connectivity index (χ3v) is 4.92. The van der Waals surface area contributed by atoms with Crippen molar-refractivity contribution in [1.82, 2.24) is 15.0 Å². The van der Waals surface area contributed by atoms with Gasteiger partial charge in [0.15, 0.2) is 11.6 Å². The topological polar surface area (TPSA) is 91.9 Å². The van der Waals surface area contributed by atoms with E-state index in [4.69, 9.17) is 4.74 Å². The average Bonchev–Trinajstić information content (AvgIpc) is 3.32. The second-order valence-corrected chi connectivity index (χ2v) is 7.14. The number of H-pyrrole nitrogens is 1. The number of hydrogen-bond donors (Lipinski definition) is 3. The van der Waals surface area contributed by atoms with Gasteiger partial charge < -0.3 is 20.4 Å². The van der Waals surface area contributed by atoms with E-state index in [1.165, 1.54) is 12.1 Å². The molecule has 5 aromatic rings. The van der Waals surface area contributed by atoms with Gasteiger partial charge in [0, 0.05) is 36.0 Å². The van der Waals surface area contributed by atoms with Crippen LogP contribution < -0.4 is 15.4 Å². The fourth-order valence-corrected chi connectivity index (χ4v) is 3.35. The lowest BCUT2D eigenvalue weighted by Gasteiger charge is -2.13. The van der Waals surface area contributed by atoms with Crippen LogP contribution in [0.25, 0.3) is 11.0 Å². The number of aromatic amines is 1. The number of nitrogens with zero attached hydrogens (tertiary/aromatic N) is 2. The van der Waals surface area contributed by atoms with Crippen molar-refractivity contribution < 1.29 is 13.9 Å². The Morgan fingerprint density at radius 3 is 2.61 bits per heavy atom. The molecular formula is C25H18FN5O2. The molecule has 5 rings (SSSR count). The van der Waals surface area contributed by atoms with Gasteiger partial charge >= 0.3 is 0 Å². The van der Waals surface area contributed by atoms with Gasteiger partial charge in [-0.1, -0.05) is 18.2 Å². The number of hydrogen-bond acceptors (Lipinski definition) is 5. The first-order valence-corrected chi connectivity index (χ1v) is 10.2. The lowest BCUT2D eigenvalue weighted by atomic mass is 10.2. The fraction of sp³-hybridized carbons (Fsp3) is 0. The largest absolute Gasteiger partial charge is 0.453 e. The summed E-state index contributed by atoms with van der Waals surface area (Å²) in [6.07, 6.45) is 4.89. The molecule has 3 heterocycles. The number of ether oxygens (including phenoxy) is 1. The number of carbonyl (C=O) groups excluding carboxylic acids is 1. The molecule has 162 valence electrons. The minimum atomic E-state index is -0.563. The molecule has 2 aromatic carbocycles. The van der Waals surface area contributed by atoms with E-state index < -0.39 is 5.82 Å². The molecule has 0 atom stereocenters. The van der Waals surface area contributed by atoms with Crippen molar-refractivity contribution in [3.63, 3.8) is 0 Å². The molecule has 0 aliphatic rings. The summed E-state index contributed by atoms with van der Waals surface area (Å²) in [6, 6.07) is 20.4. The van der Waals surface area contributed by atoms with Crippen molar-refractivity contribution in [3.8, 4) is 11.5 Å². The number of para-hydroxylation sites is 1. The molecule has 0 fully saturated rings. The van der Waals surface area contributed by atoms with Crippen LogP contribution in [-0.2, 0) is 0 Å². The van der Waals surface area contributed by atoms with Crippen molar-refractivity contribution in [2.75, 3.05) is 10.6 Å². The van der Waals surface area contributed by atoms with E-state index in [0.29, 0.717) is 34.2 Å². The van der Waals surface area contributed by atoms with Crippen molar-refractivity contribution in [2.45, 2.75) is 0 Å². The number of anilines is 3. The molecule has 0 unspecified atom stereocenters. The van der Waals surface area contributed by atoms with E-state index in [2.05, 4.69) is 25.6 Å². The predicted octanol–water partition coefficient (Wildman–Crippen LogP) is 5.89. The second kappa shape index (κ2) is 8.80. The van der Waals surface area contributed by atoms with E-state index in [0.717, 1.165) is 5.39 Å². The molecule has 0 aliphatic heterocycles. The number of nitrogens with one attached hydrogen (secondary N) is 3. The fourth-order valence-electron chi connectivity index (χ4n) is 3.35. The first kappa shape index (κ1) is 20.2. The van der Waals surface area contributed by atoms with Crippen LogP contribution in [-0.4, -0.2) is 20.9 Å². The monoisotopic (exact) mass is 439 g/mol. The molecule has 0 bridgehead atoms. The Balaban J connectivity index is 1.36. The van der Waals surface area contributed by atoms with Crippen LogP contribution in [0.1, 0.15) is 10.4 Å². The number of fused-ring (bicyclic) bond motifs is 1. The lowest BCUT2D eigenvalue weighted by Crippen LogP contribution is -2.14. The molecule has 0 saturated carbocycles. The third kappa shape index (κ3) is 4.35. The first-order chi connectivity index (χ1) is 16.2. The molecular weight excluding hydrogens is 421 g/mol. The predicted molar refractivity (Wildman–Crippen MR) is 124 cm³/mol. The quantitative estimate of drug-likeness (QED) is 0.307. The van der Waals surface area contributed by atoms with E-state index >= 15 is 0 Å². The highest BCUT2D eigenvalue weighted by molar-refractivity contribution is 6.07. The number of rotatable bonds is 6. The minimum absolute atomic E-state index is 0.0670. The number of amides is 1. The van der Waals surface area contributed by atoms with Crippen molar-refractivity contribution in [3.05, 3.63) is 103 Å². The Kier molecular flexibility index (Phi) is 5.38. The summed E-state index contributed by atoms with van der Waals surface area (Å²) in [5, 5.41) is 6.59. The number of pyridine rings is 2. The van der Waals surface area contributed by atoms with Gasteiger partial charge in [-0.3, -0.25) is 4.79 Å². The van der Waals surface area contributed by atoms with Gasteiger partial charge in [0.1, 0.15) is 17.2 Å². The summed E-state index contributed by atoms with van der Waals surface area (Å²) in [5.74, 6) is -0.0258. The molecule has 0 radical (unpaired) electrons. The van der Waals surface area contributed by atoms with Crippen molar-refractivity contribution >= 4 is 34.1 Å². The Morgan fingerprint density at radius 2 is 1.76 bits per heavy atom. The average molecular weight is 439 g/mol. The van der Waals surface area contributed by atoms with Crippen LogP contribution in [0.3, 0.4) is 0 Å². The number of halogens is 1. The van der Waals surface area contributed by atoms with Gasteiger partial charge in [0.25, 0.3) is 5.91 Å². The number of benzene rings is 2. The van der Waals surface area contributed by atoms with Crippen LogP contribution in [0.4, 0.5) is 21.6 Å². The highest BCUT2D eigenvalue weighted by Crippen LogP contribution is 2.31. The summed E-state index contributed by atoms with van der Waals surface area (Å²) in [5.41, 5.74) is 2.07. The van der Waals surface area contributed by atoms with Crippen LogP contribution in [0.15, 0.2) is 91.4 Å². The van der Waals surface area contributed by atoms with Gasteiger partial charge in [-0.05, 0) is 48.5 Å². The standard InChI is InChI=1S/C25H18FN5O2/c26-20-15-17(8-9-22(20)33-21-11-14-29-23-18(21)10-13-28-23)30-24-19(7-4-12-27-24)25(32)31-16-5-2-1-3-6-16/h1-15H,(H,27,30)(H,28,29)(H,31,32). The van der Waals surface area contributed by atoms with E-state index in [-0.39, 0.29) is 11.7 Å². The zero-order chi connectivity index (χ0) is 22.6. The summed E-state index contributed by atoms with van der Waals surface area (Å²) in [4.78, 5) is 24.2. The van der Waals surface area contributed by atoms with E-state index in [9.17, 15) is 9.18 Å². The molecule has 3 N–H and O–H groups in total. The Bertz CT molecular complexity index is 1440. The summed E-state index contributed by atoms with van der Waals surface area (Å²) in [7, 11) is 0. The zero-order valence-corrected chi connectivity index (χ0v) is 17.2. The van der Waals surface area contributed by atoms with Gasteiger partial charge in [0.05, 0.1) is 10.9 Å². The minimum Gasteiger partial charge on any atom is -0.453 e. The van der Waals surface area contributed by atoms with Crippen molar-refractivity contribution in [2.24, 2.45) is 0 Å². The molecule has 7 nitrogen and oxygen atoms in total. The SMILES string of the molecule is O=C(Nc1ccccc1)c1cccnc1Nc1ccc(Oc2ccnc3[nH]ccc23)c(F)c1. The van der Waals surface area contributed by atoms with Crippen LogP contribution >= 0.6 is 0 Å². The zero-order valence-electron chi connectivity index (χ0n) is 17.2. The van der Waals surface area contributed by atoms with Crippen LogP contribution in [0.5, 0.6) is 11.5 Å². The van der Waals surface area contributed by atoms with Crippen molar-refractivity contribution in [1.29, 1.82) is 0 Å². The van der Waals surface area contributed by atoms with E-state index in [1.807, 2.05) is 24.3 Å². The van der Waals surface area contributed by atoms with Gasteiger partial charge in [-0.25, -0.2) is 14.4 Å². The molecule has 0 saturated heterocycles. The molecule has 3 aromatic heterocycles. The summed E-state index contributed by atoms with van der Waals surface area (Å²) >= 11 is 0. The maximum Gasteiger partial charge on any atom is 0.259 e. The molecule has 8 heteroatoms. The second-order valence-electron chi connectivity index (χ2n) is 7.14. The molecule has 33 heavy (non-hydrogen) atoms. The normalized spacial score (nSPS) is 10.7. The Morgan fingerprint density at radius 1 is 0.879 bits per heavy atom. The first-order valence-electron chi connectivity index (χ1n) is 10.2. The van der Waals surface area contributed by atoms with Gasteiger partial charge in [0.2, 0.25) is 0 Å². The maximum atomic E-state index is 14.8. The summed E-state index contributed by atoms with van der Waals surface area (Å²) in [6.45, 7) is 0. The number of aromatic nitrogens is 3. The molecule has 0 spiro atoms. The smallest absolute Gasteiger partial charge is 0.259 e. The Labute approximate surface area is 188 Å².